The molecule has 0 saturated carbocycles. The highest BCUT2D eigenvalue weighted by Crippen LogP contribution is 2.24. The standard InChI is InChI=1S/C12H18N4O2S2/c1-4-16-8-11(12(13)14-16)20(17,18)15(3)7-10-9(2)5-6-19-10/h5-6,8H,4,7H2,1-3H3,(H2,13,14). The van der Waals surface area contributed by atoms with Crippen LogP contribution in [0.15, 0.2) is 22.5 Å². The number of sulfonamides is 1. The lowest BCUT2D eigenvalue weighted by Crippen LogP contribution is -2.26. The van der Waals surface area contributed by atoms with Gasteiger partial charge in [0, 0.05) is 31.2 Å². The van der Waals surface area contributed by atoms with Gasteiger partial charge >= 0.3 is 0 Å². The first-order valence-corrected chi connectivity index (χ1v) is 8.50. The van der Waals surface area contributed by atoms with Crippen LogP contribution in [0.4, 0.5) is 5.82 Å². The highest BCUT2D eigenvalue weighted by molar-refractivity contribution is 7.89. The van der Waals surface area contributed by atoms with Crippen molar-refractivity contribution in [2.45, 2.75) is 31.8 Å². The van der Waals surface area contributed by atoms with E-state index in [1.165, 1.54) is 15.2 Å². The highest BCUT2D eigenvalue weighted by Gasteiger charge is 2.26. The lowest BCUT2D eigenvalue weighted by Gasteiger charge is -2.16. The van der Waals surface area contributed by atoms with Crippen LogP contribution in [0, 0.1) is 6.92 Å². The predicted octanol–water partition coefficient (Wildman–Crippen LogP) is 1.68. The molecule has 2 aromatic heterocycles. The van der Waals surface area contributed by atoms with Gasteiger partial charge in [-0.3, -0.25) is 4.68 Å². The van der Waals surface area contributed by atoms with Gasteiger partial charge in [0.2, 0.25) is 10.0 Å². The fraction of sp³-hybridized carbons (Fsp3) is 0.417. The first kappa shape index (κ1) is 15.0. The molecule has 110 valence electrons. The van der Waals surface area contributed by atoms with E-state index in [0.717, 1.165) is 10.4 Å². The SMILES string of the molecule is CCn1cc(S(=O)(=O)N(C)Cc2sccc2C)c(N)n1. The average Bonchev–Trinajstić information content (AvgIpc) is 2.96. The molecule has 0 amide bonds. The molecular weight excluding hydrogens is 296 g/mol. The Balaban J connectivity index is 2.29. The van der Waals surface area contributed by atoms with Crippen molar-refractivity contribution in [2.75, 3.05) is 12.8 Å². The van der Waals surface area contributed by atoms with Gasteiger partial charge in [-0.05, 0) is 30.9 Å². The second kappa shape index (κ2) is 5.55. The van der Waals surface area contributed by atoms with Crippen molar-refractivity contribution < 1.29 is 8.42 Å². The van der Waals surface area contributed by atoms with Gasteiger partial charge in [0.25, 0.3) is 0 Å². The molecule has 8 heteroatoms. The van der Waals surface area contributed by atoms with E-state index in [1.54, 1.807) is 18.4 Å². The number of rotatable bonds is 5. The van der Waals surface area contributed by atoms with Gasteiger partial charge in [-0.25, -0.2) is 8.42 Å². The average molecular weight is 314 g/mol. The monoisotopic (exact) mass is 314 g/mol. The molecule has 0 unspecified atom stereocenters. The molecule has 20 heavy (non-hydrogen) atoms. The number of nitrogens with zero attached hydrogens (tertiary/aromatic N) is 3. The first-order chi connectivity index (χ1) is 9.36. The van der Waals surface area contributed by atoms with Crippen molar-refractivity contribution in [3.63, 3.8) is 0 Å². The molecular formula is C12H18N4O2S2. The molecule has 0 saturated heterocycles. The summed E-state index contributed by atoms with van der Waals surface area (Å²) in [5, 5.41) is 5.94. The maximum atomic E-state index is 12.5. The molecule has 0 bridgehead atoms. The van der Waals surface area contributed by atoms with Crippen LogP contribution < -0.4 is 5.73 Å². The second-order valence-electron chi connectivity index (χ2n) is 4.52. The third-order valence-corrected chi connectivity index (χ3v) is 5.93. The molecule has 0 aromatic carbocycles. The number of aryl methyl sites for hydroxylation is 2. The van der Waals surface area contributed by atoms with Crippen LogP contribution in [0.3, 0.4) is 0 Å². The maximum absolute atomic E-state index is 12.5. The molecule has 6 nitrogen and oxygen atoms in total. The summed E-state index contributed by atoms with van der Waals surface area (Å²) in [5.41, 5.74) is 6.80. The number of nitrogen functional groups attached to an aromatic ring is 1. The van der Waals surface area contributed by atoms with Gasteiger partial charge in [0.1, 0.15) is 4.90 Å². The molecule has 2 rings (SSSR count). The lowest BCUT2D eigenvalue weighted by atomic mass is 10.3. The van der Waals surface area contributed by atoms with Crippen molar-refractivity contribution in [2.24, 2.45) is 0 Å². The van der Waals surface area contributed by atoms with E-state index in [4.69, 9.17) is 5.73 Å². The second-order valence-corrected chi connectivity index (χ2v) is 7.54. The first-order valence-electron chi connectivity index (χ1n) is 6.18. The Labute approximate surface area is 122 Å². The third-order valence-electron chi connectivity index (χ3n) is 3.10. The molecule has 0 aliphatic rings. The normalized spacial score (nSPS) is 12.2. The van der Waals surface area contributed by atoms with E-state index < -0.39 is 10.0 Å². The van der Waals surface area contributed by atoms with Gasteiger partial charge in [0.15, 0.2) is 5.82 Å². The topological polar surface area (TPSA) is 81.2 Å². The fourth-order valence-electron chi connectivity index (χ4n) is 1.80. The van der Waals surface area contributed by atoms with E-state index in [1.807, 2.05) is 25.3 Å². The molecule has 0 aliphatic carbocycles. The smallest absolute Gasteiger partial charge is 0.248 e. The number of thiophene rings is 1. The summed E-state index contributed by atoms with van der Waals surface area (Å²) in [7, 11) is -2.07. The van der Waals surface area contributed by atoms with Gasteiger partial charge in [0.05, 0.1) is 0 Å². The molecule has 0 spiro atoms. The Morgan fingerprint density at radius 3 is 2.70 bits per heavy atom. The minimum atomic E-state index is -3.62. The Morgan fingerprint density at radius 1 is 1.50 bits per heavy atom. The van der Waals surface area contributed by atoms with E-state index >= 15 is 0 Å². The van der Waals surface area contributed by atoms with Crippen molar-refractivity contribution >= 4 is 27.2 Å². The maximum Gasteiger partial charge on any atom is 0.248 e. The lowest BCUT2D eigenvalue weighted by molar-refractivity contribution is 0.469. The zero-order valence-corrected chi connectivity index (χ0v) is 13.3. The van der Waals surface area contributed by atoms with Crippen LogP contribution in [0.25, 0.3) is 0 Å². The summed E-state index contributed by atoms with van der Waals surface area (Å²) in [6, 6.07) is 1.98. The molecule has 2 N–H and O–H groups in total. The van der Waals surface area contributed by atoms with Crippen LogP contribution in [0.2, 0.25) is 0 Å². The van der Waals surface area contributed by atoms with Crippen LogP contribution in [-0.2, 0) is 23.1 Å². The number of aromatic nitrogens is 2. The van der Waals surface area contributed by atoms with Crippen LogP contribution in [-0.4, -0.2) is 29.6 Å². The predicted molar refractivity (Wildman–Crippen MR) is 80.0 cm³/mol. The Bertz CT molecular complexity index is 703. The quantitative estimate of drug-likeness (QED) is 0.910. The van der Waals surface area contributed by atoms with Crippen LogP contribution >= 0.6 is 11.3 Å². The van der Waals surface area contributed by atoms with Gasteiger partial charge < -0.3 is 5.73 Å². The number of hydrogen-bond acceptors (Lipinski definition) is 5. The molecule has 0 aliphatic heterocycles. The fourth-order valence-corrected chi connectivity index (χ4v) is 4.04. The van der Waals surface area contributed by atoms with Gasteiger partial charge in [-0.2, -0.15) is 9.40 Å². The Morgan fingerprint density at radius 2 is 2.20 bits per heavy atom. The zero-order chi connectivity index (χ0) is 14.9. The minimum Gasteiger partial charge on any atom is -0.381 e. The summed E-state index contributed by atoms with van der Waals surface area (Å²) < 4.78 is 27.9. The van der Waals surface area contributed by atoms with Crippen LogP contribution in [0.5, 0.6) is 0 Å². The summed E-state index contributed by atoms with van der Waals surface area (Å²) in [4.78, 5) is 1.09. The van der Waals surface area contributed by atoms with E-state index in [9.17, 15) is 8.42 Å². The summed E-state index contributed by atoms with van der Waals surface area (Å²) in [6.45, 7) is 4.76. The Hall–Kier alpha value is -1.38. The van der Waals surface area contributed by atoms with Gasteiger partial charge in [-0.1, -0.05) is 0 Å². The summed E-state index contributed by atoms with van der Waals surface area (Å²) in [6.07, 6.45) is 1.47. The van der Waals surface area contributed by atoms with Crippen molar-refractivity contribution in [3.8, 4) is 0 Å². The zero-order valence-electron chi connectivity index (χ0n) is 11.7. The molecule has 0 fully saturated rings. The summed E-state index contributed by atoms with van der Waals surface area (Å²) >= 11 is 1.54. The number of hydrogen-bond donors (Lipinski definition) is 1. The van der Waals surface area contributed by atoms with E-state index in [-0.39, 0.29) is 10.7 Å². The molecule has 2 aromatic rings. The largest absolute Gasteiger partial charge is 0.381 e. The Kier molecular flexibility index (Phi) is 4.17. The summed E-state index contributed by atoms with van der Waals surface area (Å²) in [5.74, 6) is 0.0431. The third kappa shape index (κ3) is 2.72. The van der Waals surface area contributed by atoms with Crippen molar-refractivity contribution in [1.82, 2.24) is 14.1 Å². The number of nitrogens with two attached hydrogens (primary N) is 1. The van der Waals surface area contributed by atoms with Crippen LogP contribution in [0.1, 0.15) is 17.4 Å². The number of anilines is 1. The van der Waals surface area contributed by atoms with Crippen molar-refractivity contribution in [1.29, 1.82) is 0 Å². The van der Waals surface area contributed by atoms with E-state index in [2.05, 4.69) is 5.10 Å². The van der Waals surface area contributed by atoms with Gasteiger partial charge in [-0.15, -0.1) is 11.3 Å². The minimum absolute atomic E-state index is 0.0431. The molecule has 0 atom stereocenters. The van der Waals surface area contributed by atoms with Crippen molar-refractivity contribution in [3.05, 3.63) is 28.1 Å². The highest BCUT2D eigenvalue weighted by atomic mass is 32.2. The molecule has 0 radical (unpaired) electrons. The molecule has 2 heterocycles. The van der Waals surface area contributed by atoms with E-state index in [0.29, 0.717) is 13.1 Å².